The lowest BCUT2D eigenvalue weighted by Crippen LogP contribution is -2.23. The van der Waals surface area contributed by atoms with Gasteiger partial charge in [-0.25, -0.2) is 0 Å². The van der Waals surface area contributed by atoms with Gasteiger partial charge in [-0.1, -0.05) is 20.8 Å². The quantitative estimate of drug-likeness (QED) is 0.711. The normalized spacial score (nSPS) is 12.9. The molecule has 0 aliphatic heterocycles. The number of carboxylic acids is 1. The molecule has 0 spiro atoms. The molecule has 14 heavy (non-hydrogen) atoms. The van der Waals surface area contributed by atoms with E-state index in [1.807, 2.05) is 6.92 Å². The van der Waals surface area contributed by atoms with Crippen molar-refractivity contribution in [3.63, 3.8) is 0 Å². The van der Waals surface area contributed by atoms with Crippen LogP contribution in [0.3, 0.4) is 0 Å². The van der Waals surface area contributed by atoms with E-state index in [-0.39, 0.29) is 18.1 Å². The molecule has 0 aliphatic rings. The lowest BCUT2D eigenvalue weighted by molar-refractivity contribution is -0.138. The SMILES string of the molecule is CCCSC(CC(=O)C(C)C)C(=O)O. The van der Waals surface area contributed by atoms with E-state index in [0.29, 0.717) is 0 Å². The van der Waals surface area contributed by atoms with Crippen LogP contribution in [0.4, 0.5) is 0 Å². The number of carbonyl (C=O) groups is 2. The number of carbonyl (C=O) groups excluding carboxylic acids is 1. The summed E-state index contributed by atoms with van der Waals surface area (Å²) >= 11 is 1.35. The van der Waals surface area contributed by atoms with Gasteiger partial charge >= 0.3 is 5.97 Å². The Morgan fingerprint density at radius 1 is 1.36 bits per heavy atom. The molecule has 0 saturated carbocycles. The van der Waals surface area contributed by atoms with Crippen molar-refractivity contribution in [3.05, 3.63) is 0 Å². The molecule has 1 unspecified atom stereocenters. The van der Waals surface area contributed by atoms with Gasteiger partial charge in [0, 0.05) is 12.3 Å². The molecule has 0 radical (unpaired) electrons. The number of aliphatic carboxylic acids is 1. The van der Waals surface area contributed by atoms with Crippen molar-refractivity contribution in [2.75, 3.05) is 5.75 Å². The first kappa shape index (κ1) is 13.5. The van der Waals surface area contributed by atoms with Crippen molar-refractivity contribution < 1.29 is 14.7 Å². The van der Waals surface area contributed by atoms with Crippen LogP contribution < -0.4 is 0 Å². The van der Waals surface area contributed by atoms with Gasteiger partial charge in [-0.3, -0.25) is 9.59 Å². The van der Waals surface area contributed by atoms with E-state index in [1.165, 1.54) is 11.8 Å². The van der Waals surface area contributed by atoms with E-state index in [0.717, 1.165) is 12.2 Å². The van der Waals surface area contributed by atoms with Gasteiger partial charge in [0.25, 0.3) is 0 Å². The van der Waals surface area contributed by atoms with E-state index < -0.39 is 11.2 Å². The van der Waals surface area contributed by atoms with Crippen molar-refractivity contribution in [1.29, 1.82) is 0 Å². The summed E-state index contributed by atoms with van der Waals surface area (Å²) in [6.45, 7) is 5.59. The number of Topliss-reactive ketones (excluding diaryl/α,β-unsaturated/α-hetero) is 1. The summed E-state index contributed by atoms with van der Waals surface area (Å²) in [7, 11) is 0. The zero-order valence-electron chi connectivity index (χ0n) is 8.95. The first-order valence-corrected chi connectivity index (χ1v) is 5.91. The minimum absolute atomic E-state index is 0.0287. The van der Waals surface area contributed by atoms with Crippen LogP contribution in [0.15, 0.2) is 0 Å². The minimum atomic E-state index is -0.877. The summed E-state index contributed by atoms with van der Waals surface area (Å²) < 4.78 is 0. The standard InChI is InChI=1S/C10H18O3S/c1-4-5-14-9(10(12)13)6-8(11)7(2)3/h7,9H,4-6H2,1-3H3,(H,12,13). The molecular weight excluding hydrogens is 200 g/mol. The van der Waals surface area contributed by atoms with Crippen molar-refractivity contribution in [3.8, 4) is 0 Å². The number of hydrogen-bond donors (Lipinski definition) is 1. The second-order valence-electron chi connectivity index (χ2n) is 3.52. The fourth-order valence-electron chi connectivity index (χ4n) is 0.896. The minimum Gasteiger partial charge on any atom is -0.480 e. The maximum atomic E-state index is 11.3. The van der Waals surface area contributed by atoms with E-state index in [9.17, 15) is 9.59 Å². The van der Waals surface area contributed by atoms with Crippen LogP contribution in [0, 0.1) is 5.92 Å². The van der Waals surface area contributed by atoms with Crippen LogP contribution in [0.1, 0.15) is 33.6 Å². The molecule has 3 nitrogen and oxygen atoms in total. The third kappa shape index (κ3) is 5.27. The monoisotopic (exact) mass is 218 g/mol. The number of thioether (sulfide) groups is 1. The van der Waals surface area contributed by atoms with Crippen molar-refractivity contribution in [2.45, 2.75) is 38.9 Å². The molecule has 0 aromatic rings. The summed E-state index contributed by atoms with van der Waals surface area (Å²) in [6.07, 6.45) is 1.09. The Morgan fingerprint density at radius 3 is 2.29 bits per heavy atom. The maximum absolute atomic E-state index is 11.3. The first-order valence-electron chi connectivity index (χ1n) is 4.86. The smallest absolute Gasteiger partial charge is 0.317 e. The van der Waals surface area contributed by atoms with Gasteiger partial charge in [0.05, 0.1) is 0 Å². The average Bonchev–Trinajstić information content (AvgIpc) is 2.10. The molecule has 0 rings (SSSR count). The van der Waals surface area contributed by atoms with Gasteiger partial charge in [0.15, 0.2) is 0 Å². The molecule has 0 fully saturated rings. The fraction of sp³-hybridized carbons (Fsp3) is 0.800. The third-order valence-corrected chi connectivity index (χ3v) is 3.24. The summed E-state index contributed by atoms with van der Waals surface area (Å²) in [5.41, 5.74) is 0. The van der Waals surface area contributed by atoms with Gasteiger partial charge in [0.2, 0.25) is 0 Å². The van der Waals surface area contributed by atoms with E-state index in [1.54, 1.807) is 13.8 Å². The Bertz CT molecular complexity index is 202. The average molecular weight is 218 g/mol. The predicted molar refractivity (Wildman–Crippen MR) is 58.6 cm³/mol. The van der Waals surface area contributed by atoms with E-state index >= 15 is 0 Å². The Hall–Kier alpha value is -0.510. The zero-order valence-corrected chi connectivity index (χ0v) is 9.76. The molecule has 1 atom stereocenters. The van der Waals surface area contributed by atoms with Gasteiger partial charge in [-0.05, 0) is 12.2 Å². The zero-order chi connectivity index (χ0) is 11.1. The summed E-state index contributed by atoms with van der Waals surface area (Å²) in [6, 6.07) is 0. The molecule has 82 valence electrons. The van der Waals surface area contributed by atoms with Crippen LogP contribution in [0.25, 0.3) is 0 Å². The molecule has 0 aromatic carbocycles. The van der Waals surface area contributed by atoms with Crippen molar-refractivity contribution in [1.82, 2.24) is 0 Å². The second kappa shape index (κ2) is 6.87. The van der Waals surface area contributed by atoms with Crippen LogP contribution in [-0.4, -0.2) is 27.9 Å². The highest BCUT2D eigenvalue weighted by Gasteiger charge is 2.22. The molecule has 0 bridgehead atoms. The summed E-state index contributed by atoms with van der Waals surface area (Å²) in [4.78, 5) is 22.1. The highest BCUT2D eigenvalue weighted by molar-refractivity contribution is 8.00. The van der Waals surface area contributed by atoms with Crippen LogP contribution in [0.2, 0.25) is 0 Å². The Balaban J connectivity index is 4.09. The molecule has 1 N–H and O–H groups in total. The molecule has 0 heterocycles. The second-order valence-corrected chi connectivity index (χ2v) is 4.83. The first-order chi connectivity index (χ1) is 6.49. The molecule has 0 saturated heterocycles. The lowest BCUT2D eigenvalue weighted by Gasteiger charge is -2.11. The highest BCUT2D eigenvalue weighted by atomic mass is 32.2. The largest absolute Gasteiger partial charge is 0.480 e. The number of ketones is 1. The predicted octanol–water partition coefficient (Wildman–Crippen LogP) is 2.20. The van der Waals surface area contributed by atoms with Gasteiger partial charge in [-0.2, -0.15) is 0 Å². The van der Waals surface area contributed by atoms with Gasteiger partial charge < -0.3 is 5.11 Å². The lowest BCUT2D eigenvalue weighted by atomic mass is 10.0. The van der Waals surface area contributed by atoms with Crippen LogP contribution in [0.5, 0.6) is 0 Å². The Morgan fingerprint density at radius 2 is 1.93 bits per heavy atom. The van der Waals surface area contributed by atoms with Crippen LogP contribution >= 0.6 is 11.8 Å². The Labute approximate surface area is 89.3 Å². The molecule has 0 aliphatic carbocycles. The summed E-state index contributed by atoms with van der Waals surface area (Å²) in [5, 5.41) is 8.29. The Kier molecular flexibility index (Phi) is 6.62. The highest BCUT2D eigenvalue weighted by Crippen LogP contribution is 2.18. The maximum Gasteiger partial charge on any atom is 0.317 e. The molecule has 4 heteroatoms. The van der Waals surface area contributed by atoms with Crippen molar-refractivity contribution >= 4 is 23.5 Å². The van der Waals surface area contributed by atoms with E-state index in [2.05, 4.69) is 0 Å². The fourth-order valence-corrected chi connectivity index (χ4v) is 1.84. The topological polar surface area (TPSA) is 54.4 Å². The van der Waals surface area contributed by atoms with Crippen LogP contribution in [-0.2, 0) is 9.59 Å². The number of carboxylic acid groups (broad SMARTS) is 1. The summed E-state index contributed by atoms with van der Waals surface area (Å²) in [5.74, 6) is -0.125. The molecular formula is C10H18O3S. The molecule has 0 aromatic heterocycles. The van der Waals surface area contributed by atoms with Gasteiger partial charge in [0.1, 0.15) is 11.0 Å². The number of hydrogen-bond acceptors (Lipinski definition) is 3. The third-order valence-electron chi connectivity index (χ3n) is 1.83. The molecule has 0 amide bonds. The number of rotatable bonds is 7. The van der Waals surface area contributed by atoms with Crippen molar-refractivity contribution in [2.24, 2.45) is 5.92 Å². The van der Waals surface area contributed by atoms with Gasteiger partial charge in [-0.15, -0.1) is 11.8 Å². The van der Waals surface area contributed by atoms with E-state index in [4.69, 9.17) is 5.11 Å².